The largest absolute Gasteiger partial charge is 0.496 e. The van der Waals surface area contributed by atoms with Crippen molar-refractivity contribution >= 4 is 44.2 Å². The Balaban J connectivity index is 2.17. The van der Waals surface area contributed by atoms with Crippen LogP contribution in [0.25, 0.3) is 32.7 Å². The van der Waals surface area contributed by atoms with Gasteiger partial charge in [0.15, 0.2) is 11.1 Å². The lowest BCUT2D eigenvalue weighted by molar-refractivity contribution is 0.372. The van der Waals surface area contributed by atoms with E-state index in [0.717, 1.165) is 32.7 Å². The van der Waals surface area contributed by atoms with Gasteiger partial charge in [0.2, 0.25) is 0 Å². The van der Waals surface area contributed by atoms with Crippen LogP contribution in [0.4, 0.5) is 0 Å². The fourth-order valence-electron chi connectivity index (χ4n) is 3.53. The Morgan fingerprint density at radius 1 is 0.893 bits per heavy atom. The van der Waals surface area contributed by atoms with E-state index in [1.807, 2.05) is 73.7 Å². The van der Waals surface area contributed by atoms with Gasteiger partial charge in [-0.15, -0.1) is 0 Å². The van der Waals surface area contributed by atoms with Crippen molar-refractivity contribution in [2.45, 2.75) is 11.8 Å². The minimum absolute atomic E-state index is 0.362. The van der Waals surface area contributed by atoms with Crippen molar-refractivity contribution in [2.75, 3.05) is 13.7 Å². The minimum atomic E-state index is -1.59. The van der Waals surface area contributed by atoms with E-state index in [-0.39, 0.29) is 0 Å². The van der Waals surface area contributed by atoms with Crippen LogP contribution in [-0.4, -0.2) is 17.9 Å². The van der Waals surface area contributed by atoms with Gasteiger partial charge in [-0.2, -0.15) is 0 Å². The highest BCUT2D eigenvalue weighted by Gasteiger charge is 2.21. The van der Waals surface area contributed by atoms with Crippen molar-refractivity contribution < 1.29 is 13.1 Å². The van der Waals surface area contributed by atoms with Crippen molar-refractivity contribution in [3.8, 4) is 16.9 Å². The molecule has 0 aromatic heterocycles. The van der Waals surface area contributed by atoms with Crippen LogP contribution < -0.4 is 4.74 Å². The first kappa shape index (κ1) is 18.9. The first-order valence-corrected chi connectivity index (χ1v) is 10.4. The minimum Gasteiger partial charge on any atom is -0.496 e. The van der Waals surface area contributed by atoms with E-state index < -0.39 is 11.1 Å². The van der Waals surface area contributed by atoms with E-state index in [1.165, 1.54) is 0 Å². The summed E-state index contributed by atoms with van der Waals surface area (Å²) in [6, 6.07) is 21.5. The Kier molecular flexibility index (Phi) is 5.36. The van der Waals surface area contributed by atoms with Gasteiger partial charge >= 0.3 is 0 Å². The summed E-state index contributed by atoms with van der Waals surface area (Å²) in [6.45, 7) is 2.19. The van der Waals surface area contributed by atoms with Crippen molar-refractivity contribution in [1.29, 1.82) is 0 Å². The third-order valence-corrected chi connectivity index (χ3v) is 6.09. The molecule has 28 heavy (non-hydrogen) atoms. The molecule has 4 rings (SSSR count). The molecule has 0 saturated heterocycles. The SMILES string of the molecule is CCOS(=O)c1ccc2ccccc2c1-c1c(OC)ccc2cc(Cl)ccc12. The molecule has 0 saturated carbocycles. The van der Waals surface area contributed by atoms with Crippen LogP contribution in [0, 0.1) is 0 Å². The first-order chi connectivity index (χ1) is 13.6. The molecule has 0 spiro atoms. The summed E-state index contributed by atoms with van der Waals surface area (Å²) < 4.78 is 24.1. The molecule has 0 aliphatic carbocycles. The molecule has 5 heteroatoms. The van der Waals surface area contributed by atoms with E-state index in [0.29, 0.717) is 22.3 Å². The number of hydrogen-bond donors (Lipinski definition) is 0. The molecular formula is C23H19ClO3S. The normalized spacial score (nSPS) is 12.4. The molecule has 0 radical (unpaired) electrons. The van der Waals surface area contributed by atoms with Gasteiger partial charge in [-0.05, 0) is 52.7 Å². The Labute approximate surface area is 171 Å². The highest BCUT2D eigenvalue weighted by atomic mass is 35.5. The van der Waals surface area contributed by atoms with E-state index in [9.17, 15) is 4.21 Å². The van der Waals surface area contributed by atoms with Crippen molar-refractivity contribution in [3.05, 3.63) is 71.8 Å². The van der Waals surface area contributed by atoms with E-state index in [2.05, 4.69) is 0 Å². The second-order valence-electron chi connectivity index (χ2n) is 6.31. The summed E-state index contributed by atoms with van der Waals surface area (Å²) in [7, 11) is 1.64. The fraction of sp³-hybridized carbons (Fsp3) is 0.130. The molecule has 0 aliphatic heterocycles. The molecule has 0 N–H and O–H groups in total. The summed E-state index contributed by atoms with van der Waals surface area (Å²) in [4.78, 5) is 0.626. The third-order valence-electron chi connectivity index (χ3n) is 4.71. The molecule has 1 unspecified atom stereocenters. The Morgan fingerprint density at radius 3 is 2.43 bits per heavy atom. The summed E-state index contributed by atoms with van der Waals surface area (Å²) in [5, 5.41) is 4.69. The standard InChI is InChI=1S/C23H19ClO3S/c1-3-27-28(25)21-13-9-15-6-4-5-7-18(15)23(21)22-19-11-10-17(24)14-16(19)8-12-20(22)26-2/h4-14H,3H2,1-2H3. The average molecular weight is 411 g/mol. The number of fused-ring (bicyclic) bond motifs is 2. The van der Waals surface area contributed by atoms with Gasteiger partial charge in [-0.1, -0.05) is 54.1 Å². The lowest BCUT2D eigenvalue weighted by atomic mass is 9.93. The summed E-state index contributed by atoms with van der Waals surface area (Å²) in [5.74, 6) is 0.709. The second kappa shape index (κ2) is 7.92. The zero-order valence-corrected chi connectivity index (χ0v) is 17.1. The van der Waals surface area contributed by atoms with Crippen molar-refractivity contribution in [3.63, 3.8) is 0 Å². The number of methoxy groups -OCH3 is 1. The van der Waals surface area contributed by atoms with Gasteiger partial charge in [0.25, 0.3) is 0 Å². The zero-order valence-electron chi connectivity index (χ0n) is 15.6. The number of rotatable bonds is 5. The van der Waals surface area contributed by atoms with Gasteiger partial charge in [0, 0.05) is 16.1 Å². The lowest BCUT2D eigenvalue weighted by Gasteiger charge is -2.18. The molecule has 0 aliphatic rings. The topological polar surface area (TPSA) is 35.5 Å². The van der Waals surface area contributed by atoms with Crippen LogP contribution >= 0.6 is 11.6 Å². The molecule has 1 atom stereocenters. The van der Waals surface area contributed by atoms with E-state index in [1.54, 1.807) is 7.11 Å². The summed E-state index contributed by atoms with van der Waals surface area (Å²) in [6.07, 6.45) is 0. The van der Waals surface area contributed by atoms with Gasteiger partial charge in [-0.25, -0.2) is 4.21 Å². The Hall–Kier alpha value is -2.40. The van der Waals surface area contributed by atoms with Crippen LogP contribution in [0.1, 0.15) is 6.92 Å². The lowest BCUT2D eigenvalue weighted by Crippen LogP contribution is -2.01. The number of halogens is 1. The summed E-state index contributed by atoms with van der Waals surface area (Å²) >= 11 is 4.62. The van der Waals surface area contributed by atoms with Crippen LogP contribution in [0.2, 0.25) is 5.02 Å². The number of ether oxygens (including phenoxy) is 1. The van der Waals surface area contributed by atoms with Gasteiger partial charge in [0.1, 0.15) is 5.75 Å². The van der Waals surface area contributed by atoms with Gasteiger partial charge < -0.3 is 4.74 Å². The highest BCUT2D eigenvalue weighted by Crippen LogP contribution is 2.43. The highest BCUT2D eigenvalue weighted by molar-refractivity contribution is 7.80. The maximum Gasteiger partial charge on any atom is 0.189 e. The van der Waals surface area contributed by atoms with Gasteiger partial charge in [0.05, 0.1) is 18.6 Å². The Morgan fingerprint density at radius 2 is 1.64 bits per heavy atom. The fourth-order valence-corrected chi connectivity index (χ4v) is 4.61. The average Bonchev–Trinajstić information content (AvgIpc) is 2.72. The molecule has 0 heterocycles. The Bertz CT molecular complexity index is 1200. The maximum atomic E-state index is 12.9. The van der Waals surface area contributed by atoms with Crippen molar-refractivity contribution in [1.82, 2.24) is 0 Å². The quantitative estimate of drug-likeness (QED) is 0.383. The van der Waals surface area contributed by atoms with Crippen LogP contribution in [-0.2, 0) is 15.3 Å². The molecule has 0 amide bonds. The van der Waals surface area contributed by atoms with Gasteiger partial charge in [-0.3, -0.25) is 4.18 Å². The zero-order chi connectivity index (χ0) is 19.7. The van der Waals surface area contributed by atoms with E-state index >= 15 is 0 Å². The van der Waals surface area contributed by atoms with Crippen molar-refractivity contribution in [2.24, 2.45) is 0 Å². The predicted octanol–water partition coefficient (Wildman–Crippen LogP) is 6.38. The molecule has 4 aromatic rings. The molecule has 4 aromatic carbocycles. The predicted molar refractivity (Wildman–Crippen MR) is 116 cm³/mol. The molecule has 142 valence electrons. The van der Waals surface area contributed by atoms with Crippen LogP contribution in [0.5, 0.6) is 5.75 Å². The van der Waals surface area contributed by atoms with Crippen LogP contribution in [0.3, 0.4) is 0 Å². The second-order valence-corrected chi connectivity index (χ2v) is 7.89. The number of benzene rings is 4. The molecule has 0 fully saturated rings. The first-order valence-electron chi connectivity index (χ1n) is 8.97. The van der Waals surface area contributed by atoms with Crippen LogP contribution in [0.15, 0.2) is 71.6 Å². The molecule has 0 bridgehead atoms. The monoisotopic (exact) mass is 410 g/mol. The summed E-state index contributed by atoms with van der Waals surface area (Å²) in [5.41, 5.74) is 1.74. The molecule has 3 nitrogen and oxygen atoms in total. The van der Waals surface area contributed by atoms with E-state index in [4.69, 9.17) is 20.5 Å². The molecular weight excluding hydrogens is 392 g/mol. The third kappa shape index (κ3) is 3.28. The number of hydrogen-bond acceptors (Lipinski definition) is 3. The smallest absolute Gasteiger partial charge is 0.189 e. The maximum absolute atomic E-state index is 12.9.